The molecular weight excluding hydrogens is 453 g/mol. The van der Waals surface area contributed by atoms with E-state index in [1.807, 2.05) is 6.92 Å². The summed E-state index contributed by atoms with van der Waals surface area (Å²) in [5.74, 6) is 0.124. The molecule has 1 unspecified atom stereocenters. The molecule has 1 N–H and O–H groups in total. The molecule has 1 saturated carbocycles. The number of halogens is 4. The Hall–Kier alpha value is -2.80. The predicted octanol–water partition coefficient (Wildman–Crippen LogP) is 7.12. The molecule has 2 aromatic carbocycles. The van der Waals surface area contributed by atoms with Crippen molar-refractivity contribution in [2.24, 2.45) is 11.8 Å². The van der Waals surface area contributed by atoms with Crippen LogP contribution in [0, 0.1) is 11.8 Å². The molecule has 0 aliphatic heterocycles. The van der Waals surface area contributed by atoms with Gasteiger partial charge in [-0.05, 0) is 68.0 Å². The van der Waals surface area contributed by atoms with Crippen LogP contribution in [0.3, 0.4) is 0 Å². The van der Waals surface area contributed by atoms with Crippen LogP contribution in [0.1, 0.15) is 38.3 Å². The summed E-state index contributed by atoms with van der Waals surface area (Å²) in [4.78, 5) is 16.4. The van der Waals surface area contributed by atoms with E-state index in [4.69, 9.17) is 16.3 Å². The highest BCUT2D eigenvalue weighted by Crippen LogP contribution is 2.37. The Balaban J connectivity index is 1.40. The van der Waals surface area contributed by atoms with E-state index in [-0.39, 0.29) is 35.1 Å². The number of para-hydroxylation sites is 1. The zero-order chi connectivity index (χ0) is 23.6. The van der Waals surface area contributed by atoms with Gasteiger partial charge in [-0.1, -0.05) is 30.7 Å². The molecule has 1 aromatic heterocycles. The van der Waals surface area contributed by atoms with Gasteiger partial charge in [0.15, 0.2) is 0 Å². The van der Waals surface area contributed by atoms with Crippen LogP contribution in [0.2, 0.25) is 5.02 Å². The molecule has 1 amide bonds. The molecule has 33 heavy (non-hydrogen) atoms. The van der Waals surface area contributed by atoms with Gasteiger partial charge in [-0.25, -0.2) is 4.98 Å². The Morgan fingerprint density at radius 1 is 1.09 bits per heavy atom. The highest BCUT2D eigenvalue weighted by atomic mass is 35.5. The van der Waals surface area contributed by atoms with Gasteiger partial charge in [-0.15, -0.1) is 0 Å². The lowest BCUT2D eigenvalue weighted by Gasteiger charge is -2.32. The summed E-state index contributed by atoms with van der Waals surface area (Å²) in [6, 6.07) is 14.6. The maximum Gasteiger partial charge on any atom is 0.433 e. The standard InChI is InChI=1S/C25H24ClF3N2O2/c1-15(24(32)30-18-10-8-17(26)9-11-18)16-6-12-19(13-7-16)33-22-14-23(25(27,28)29)31-21-5-3-2-4-20(21)22/h2-5,8-11,14-16,19H,6-7,12-13H2,1H3,(H,30,32). The molecule has 174 valence electrons. The summed E-state index contributed by atoms with van der Waals surface area (Å²) in [6.45, 7) is 1.91. The molecule has 0 saturated heterocycles. The average molecular weight is 477 g/mol. The largest absolute Gasteiger partial charge is 0.490 e. The van der Waals surface area contributed by atoms with Crippen molar-refractivity contribution in [1.82, 2.24) is 4.98 Å². The molecule has 3 aromatic rings. The first kappa shape index (κ1) is 23.4. The zero-order valence-electron chi connectivity index (χ0n) is 18.0. The molecule has 0 radical (unpaired) electrons. The fraction of sp³-hybridized carbons (Fsp3) is 0.360. The van der Waals surface area contributed by atoms with E-state index in [9.17, 15) is 18.0 Å². The molecular formula is C25H24ClF3N2O2. The fourth-order valence-corrected chi connectivity index (χ4v) is 4.40. The summed E-state index contributed by atoms with van der Waals surface area (Å²) in [6.07, 6.45) is -1.90. The van der Waals surface area contributed by atoms with Gasteiger partial charge in [0.25, 0.3) is 0 Å². The Kier molecular flexibility index (Phi) is 6.79. The van der Waals surface area contributed by atoms with Crippen molar-refractivity contribution < 1.29 is 22.7 Å². The second-order valence-electron chi connectivity index (χ2n) is 8.46. The van der Waals surface area contributed by atoms with Crippen LogP contribution in [-0.4, -0.2) is 17.0 Å². The van der Waals surface area contributed by atoms with Crippen LogP contribution >= 0.6 is 11.6 Å². The minimum Gasteiger partial charge on any atom is -0.490 e. The maximum absolute atomic E-state index is 13.3. The van der Waals surface area contributed by atoms with Gasteiger partial charge in [0, 0.05) is 28.1 Å². The van der Waals surface area contributed by atoms with Crippen LogP contribution in [0.5, 0.6) is 5.75 Å². The molecule has 1 atom stereocenters. The third-order valence-corrected chi connectivity index (χ3v) is 6.47. The third-order valence-electron chi connectivity index (χ3n) is 6.21. The number of amides is 1. The number of hydrogen-bond acceptors (Lipinski definition) is 3. The first-order valence-electron chi connectivity index (χ1n) is 10.9. The number of carbonyl (C=O) groups excluding carboxylic acids is 1. The van der Waals surface area contributed by atoms with Crippen molar-refractivity contribution in [3.63, 3.8) is 0 Å². The monoisotopic (exact) mass is 476 g/mol. The number of hydrogen-bond donors (Lipinski definition) is 1. The van der Waals surface area contributed by atoms with E-state index in [0.717, 1.165) is 18.9 Å². The number of anilines is 1. The zero-order valence-corrected chi connectivity index (χ0v) is 18.8. The summed E-state index contributed by atoms with van der Waals surface area (Å²) < 4.78 is 46.0. The predicted molar refractivity (Wildman–Crippen MR) is 122 cm³/mol. The smallest absolute Gasteiger partial charge is 0.433 e. The molecule has 1 aliphatic rings. The maximum atomic E-state index is 13.3. The molecule has 1 fully saturated rings. The second-order valence-corrected chi connectivity index (χ2v) is 8.90. The number of alkyl halides is 3. The number of benzene rings is 2. The normalized spacial score (nSPS) is 19.8. The van der Waals surface area contributed by atoms with E-state index < -0.39 is 11.9 Å². The van der Waals surface area contributed by atoms with E-state index >= 15 is 0 Å². The Morgan fingerprint density at radius 3 is 2.42 bits per heavy atom. The highest BCUT2D eigenvalue weighted by molar-refractivity contribution is 6.30. The van der Waals surface area contributed by atoms with Gasteiger partial charge in [-0.3, -0.25) is 4.79 Å². The topological polar surface area (TPSA) is 51.2 Å². The van der Waals surface area contributed by atoms with Crippen molar-refractivity contribution in [3.8, 4) is 5.75 Å². The average Bonchev–Trinajstić information content (AvgIpc) is 2.80. The van der Waals surface area contributed by atoms with Crippen LogP contribution in [0.25, 0.3) is 10.9 Å². The SMILES string of the molecule is CC(C(=O)Nc1ccc(Cl)cc1)C1CCC(Oc2cc(C(F)(F)F)nc3ccccc23)CC1. The minimum absolute atomic E-state index is 0.0587. The molecule has 8 heteroatoms. The molecule has 0 bridgehead atoms. The van der Waals surface area contributed by atoms with Crippen molar-refractivity contribution in [3.05, 3.63) is 65.3 Å². The van der Waals surface area contributed by atoms with Crippen LogP contribution in [0.4, 0.5) is 18.9 Å². The summed E-state index contributed by atoms with van der Waals surface area (Å²) in [5, 5.41) is 4.07. The second kappa shape index (κ2) is 9.59. The van der Waals surface area contributed by atoms with Gasteiger partial charge in [0.05, 0.1) is 11.6 Å². The first-order valence-corrected chi connectivity index (χ1v) is 11.3. The Bertz CT molecular complexity index is 1130. The van der Waals surface area contributed by atoms with E-state index in [2.05, 4.69) is 10.3 Å². The highest BCUT2D eigenvalue weighted by Gasteiger charge is 2.35. The Morgan fingerprint density at radius 2 is 1.76 bits per heavy atom. The van der Waals surface area contributed by atoms with Crippen molar-refractivity contribution >= 4 is 34.1 Å². The fourth-order valence-electron chi connectivity index (χ4n) is 4.28. The van der Waals surface area contributed by atoms with E-state index in [1.54, 1.807) is 48.5 Å². The van der Waals surface area contributed by atoms with Gasteiger partial charge in [-0.2, -0.15) is 13.2 Å². The molecule has 1 aliphatic carbocycles. The minimum atomic E-state index is -4.55. The number of pyridine rings is 1. The number of carbonyl (C=O) groups is 1. The summed E-state index contributed by atoms with van der Waals surface area (Å²) in [5.41, 5.74) is -0.0146. The lowest BCUT2D eigenvalue weighted by Crippen LogP contribution is -2.32. The molecule has 4 nitrogen and oxygen atoms in total. The third kappa shape index (κ3) is 5.58. The lowest BCUT2D eigenvalue weighted by molar-refractivity contribution is -0.141. The first-order chi connectivity index (χ1) is 15.7. The molecule has 4 rings (SSSR count). The summed E-state index contributed by atoms with van der Waals surface area (Å²) >= 11 is 5.88. The number of ether oxygens (including phenoxy) is 1. The number of nitrogens with zero attached hydrogens (tertiary/aromatic N) is 1. The van der Waals surface area contributed by atoms with E-state index in [1.165, 1.54) is 0 Å². The Labute approximate surface area is 195 Å². The molecule has 1 heterocycles. The number of rotatable bonds is 5. The number of aromatic nitrogens is 1. The van der Waals surface area contributed by atoms with Crippen molar-refractivity contribution in [2.75, 3.05) is 5.32 Å². The van der Waals surface area contributed by atoms with E-state index in [0.29, 0.717) is 28.9 Å². The van der Waals surface area contributed by atoms with Crippen molar-refractivity contribution in [1.29, 1.82) is 0 Å². The number of fused-ring (bicyclic) bond motifs is 1. The molecule has 0 spiro atoms. The van der Waals surface area contributed by atoms with Crippen LogP contribution in [0.15, 0.2) is 54.6 Å². The quantitative estimate of drug-likeness (QED) is 0.426. The van der Waals surface area contributed by atoms with Crippen molar-refractivity contribution in [2.45, 2.75) is 44.9 Å². The van der Waals surface area contributed by atoms with Crippen LogP contribution in [-0.2, 0) is 11.0 Å². The van der Waals surface area contributed by atoms with Gasteiger partial charge in [0.2, 0.25) is 5.91 Å². The van der Waals surface area contributed by atoms with Gasteiger partial charge in [0.1, 0.15) is 11.4 Å². The lowest BCUT2D eigenvalue weighted by atomic mass is 9.79. The van der Waals surface area contributed by atoms with Gasteiger partial charge >= 0.3 is 6.18 Å². The number of nitrogens with one attached hydrogen (secondary N) is 1. The van der Waals surface area contributed by atoms with Gasteiger partial charge < -0.3 is 10.1 Å². The summed E-state index contributed by atoms with van der Waals surface area (Å²) in [7, 11) is 0. The van der Waals surface area contributed by atoms with Crippen LogP contribution < -0.4 is 10.1 Å².